The zero-order valence-corrected chi connectivity index (χ0v) is 20.2. The van der Waals surface area contributed by atoms with Gasteiger partial charge in [0.1, 0.15) is 12.4 Å². The van der Waals surface area contributed by atoms with Crippen LogP contribution in [0.5, 0.6) is 17.2 Å². The second kappa shape index (κ2) is 10.5. The molecular formula is C27H24INO3. The van der Waals surface area contributed by atoms with Crippen LogP contribution in [0.4, 0.5) is 5.69 Å². The molecule has 4 aromatic rings. The topological polar surface area (TPSA) is 40.0 Å². The molecule has 0 aliphatic heterocycles. The molecule has 0 aliphatic rings. The standard InChI is InChI=1S/C27H24INO3/c1-3-31-23-13-11-22(12-14-23)29-17-19-15-25(28)27(26(16-19)30-2)32-18-21-9-6-8-20-7-4-5-10-24(20)21/h4-17H,3,18H2,1-2H3. The van der Waals surface area contributed by atoms with E-state index in [2.05, 4.69) is 64.0 Å². The second-order valence-electron chi connectivity index (χ2n) is 7.15. The van der Waals surface area contributed by atoms with E-state index in [1.165, 1.54) is 10.8 Å². The minimum atomic E-state index is 0.466. The SMILES string of the molecule is CCOc1ccc(N=Cc2cc(I)c(OCc3cccc4ccccc34)c(OC)c2)cc1. The average molecular weight is 537 g/mol. The molecule has 0 radical (unpaired) electrons. The van der Waals surface area contributed by atoms with E-state index in [4.69, 9.17) is 14.2 Å². The summed E-state index contributed by atoms with van der Waals surface area (Å²) in [5.41, 5.74) is 2.94. The minimum absolute atomic E-state index is 0.466. The number of nitrogens with zero attached hydrogens (tertiary/aromatic N) is 1. The Hall–Kier alpha value is -3.06. The predicted molar refractivity (Wildman–Crippen MR) is 139 cm³/mol. The molecule has 4 aromatic carbocycles. The lowest BCUT2D eigenvalue weighted by Crippen LogP contribution is -2.01. The summed E-state index contributed by atoms with van der Waals surface area (Å²) in [7, 11) is 1.66. The Balaban J connectivity index is 1.53. The molecule has 0 saturated heterocycles. The molecule has 4 nitrogen and oxygen atoms in total. The highest BCUT2D eigenvalue weighted by Crippen LogP contribution is 2.35. The molecule has 0 spiro atoms. The third-order valence-electron chi connectivity index (χ3n) is 5.01. The van der Waals surface area contributed by atoms with Crippen molar-refractivity contribution in [1.29, 1.82) is 0 Å². The monoisotopic (exact) mass is 537 g/mol. The third-order valence-corrected chi connectivity index (χ3v) is 5.82. The van der Waals surface area contributed by atoms with Crippen molar-refractivity contribution in [3.8, 4) is 17.2 Å². The summed E-state index contributed by atoms with van der Waals surface area (Å²) in [5, 5.41) is 2.40. The van der Waals surface area contributed by atoms with Crippen LogP contribution < -0.4 is 14.2 Å². The Morgan fingerprint density at radius 1 is 0.906 bits per heavy atom. The molecule has 4 rings (SSSR count). The van der Waals surface area contributed by atoms with Crippen LogP contribution in [0.25, 0.3) is 10.8 Å². The van der Waals surface area contributed by atoms with Crippen molar-refractivity contribution < 1.29 is 14.2 Å². The smallest absolute Gasteiger partial charge is 0.174 e. The van der Waals surface area contributed by atoms with Gasteiger partial charge < -0.3 is 14.2 Å². The maximum absolute atomic E-state index is 6.22. The van der Waals surface area contributed by atoms with E-state index in [0.717, 1.165) is 31.9 Å². The number of halogens is 1. The first-order valence-corrected chi connectivity index (χ1v) is 11.5. The number of benzene rings is 4. The van der Waals surface area contributed by atoms with Gasteiger partial charge in [0.2, 0.25) is 0 Å². The third kappa shape index (κ3) is 5.22. The Bertz CT molecular complexity index is 1230. The van der Waals surface area contributed by atoms with Gasteiger partial charge in [0.25, 0.3) is 0 Å². The first kappa shape index (κ1) is 22.1. The zero-order valence-electron chi connectivity index (χ0n) is 18.0. The van der Waals surface area contributed by atoms with Crippen molar-refractivity contribution in [2.75, 3.05) is 13.7 Å². The number of fused-ring (bicyclic) bond motifs is 1. The van der Waals surface area contributed by atoms with E-state index < -0.39 is 0 Å². The summed E-state index contributed by atoms with van der Waals surface area (Å²) in [4.78, 5) is 4.57. The van der Waals surface area contributed by atoms with Crippen LogP contribution in [0.3, 0.4) is 0 Å². The number of rotatable bonds is 8. The Kier molecular flexibility index (Phi) is 7.27. The van der Waals surface area contributed by atoms with Gasteiger partial charge in [-0.25, -0.2) is 0 Å². The summed E-state index contributed by atoms with van der Waals surface area (Å²) in [6.45, 7) is 3.08. The maximum atomic E-state index is 6.22. The van der Waals surface area contributed by atoms with Crippen LogP contribution in [0.15, 0.2) is 83.9 Å². The lowest BCUT2D eigenvalue weighted by molar-refractivity contribution is 0.283. The van der Waals surface area contributed by atoms with Crippen LogP contribution in [-0.2, 0) is 6.61 Å². The van der Waals surface area contributed by atoms with Crippen molar-refractivity contribution in [2.24, 2.45) is 4.99 Å². The van der Waals surface area contributed by atoms with Crippen LogP contribution in [0.2, 0.25) is 0 Å². The van der Waals surface area contributed by atoms with Crippen molar-refractivity contribution >= 4 is 45.3 Å². The number of methoxy groups -OCH3 is 1. The van der Waals surface area contributed by atoms with Crippen LogP contribution in [0.1, 0.15) is 18.1 Å². The molecule has 0 unspecified atom stereocenters. The number of hydrogen-bond donors (Lipinski definition) is 0. The summed E-state index contributed by atoms with van der Waals surface area (Å²) in [6.07, 6.45) is 1.83. The predicted octanol–water partition coefficient (Wildman–Crippen LogP) is 7.18. The lowest BCUT2D eigenvalue weighted by Gasteiger charge is -2.14. The van der Waals surface area contributed by atoms with Crippen molar-refractivity contribution in [3.63, 3.8) is 0 Å². The van der Waals surface area contributed by atoms with Gasteiger partial charge in [0, 0.05) is 6.21 Å². The van der Waals surface area contributed by atoms with Gasteiger partial charge in [-0.05, 0) is 87.8 Å². The van der Waals surface area contributed by atoms with Gasteiger partial charge in [-0.3, -0.25) is 4.99 Å². The van der Waals surface area contributed by atoms with E-state index in [0.29, 0.717) is 19.0 Å². The van der Waals surface area contributed by atoms with Gasteiger partial charge in [0.05, 0.1) is 23.0 Å². The Labute approximate surface area is 202 Å². The first-order chi connectivity index (χ1) is 15.7. The molecular weight excluding hydrogens is 513 g/mol. The molecule has 32 heavy (non-hydrogen) atoms. The van der Waals surface area contributed by atoms with Gasteiger partial charge in [0.15, 0.2) is 11.5 Å². The first-order valence-electron chi connectivity index (χ1n) is 10.4. The van der Waals surface area contributed by atoms with Crippen molar-refractivity contribution in [3.05, 3.63) is 93.6 Å². The molecule has 0 heterocycles. The summed E-state index contributed by atoms with van der Waals surface area (Å²) in [6, 6.07) is 26.3. The lowest BCUT2D eigenvalue weighted by atomic mass is 10.1. The fourth-order valence-corrected chi connectivity index (χ4v) is 4.25. The largest absolute Gasteiger partial charge is 0.494 e. The van der Waals surface area contributed by atoms with E-state index in [9.17, 15) is 0 Å². The molecule has 0 aliphatic carbocycles. The summed E-state index contributed by atoms with van der Waals surface area (Å²) >= 11 is 2.28. The molecule has 0 amide bonds. The molecule has 5 heteroatoms. The van der Waals surface area contributed by atoms with Crippen molar-refractivity contribution in [1.82, 2.24) is 0 Å². The van der Waals surface area contributed by atoms with E-state index in [1.807, 2.05) is 55.6 Å². The minimum Gasteiger partial charge on any atom is -0.494 e. The van der Waals surface area contributed by atoms with Crippen LogP contribution >= 0.6 is 22.6 Å². The molecule has 0 N–H and O–H groups in total. The van der Waals surface area contributed by atoms with Crippen LogP contribution in [-0.4, -0.2) is 19.9 Å². The number of hydrogen-bond acceptors (Lipinski definition) is 4. The molecule has 162 valence electrons. The highest BCUT2D eigenvalue weighted by molar-refractivity contribution is 14.1. The highest BCUT2D eigenvalue weighted by Gasteiger charge is 2.12. The highest BCUT2D eigenvalue weighted by atomic mass is 127. The number of aliphatic imine (C=N–C) groups is 1. The molecule has 0 aromatic heterocycles. The molecule has 0 fully saturated rings. The zero-order chi connectivity index (χ0) is 22.3. The maximum Gasteiger partial charge on any atom is 0.174 e. The van der Waals surface area contributed by atoms with Crippen LogP contribution in [0, 0.1) is 3.57 Å². The van der Waals surface area contributed by atoms with Gasteiger partial charge in [-0.2, -0.15) is 0 Å². The van der Waals surface area contributed by atoms with Crippen molar-refractivity contribution in [2.45, 2.75) is 13.5 Å². The average Bonchev–Trinajstić information content (AvgIpc) is 2.83. The Morgan fingerprint density at radius 2 is 1.69 bits per heavy atom. The van der Waals surface area contributed by atoms with E-state index >= 15 is 0 Å². The number of ether oxygens (including phenoxy) is 3. The quantitative estimate of drug-likeness (QED) is 0.177. The van der Waals surface area contributed by atoms with Gasteiger partial charge >= 0.3 is 0 Å². The normalized spacial score (nSPS) is 11.1. The Morgan fingerprint density at radius 3 is 2.47 bits per heavy atom. The fourth-order valence-electron chi connectivity index (χ4n) is 3.47. The molecule has 0 bridgehead atoms. The summed E-state index contributed by atoms with van der Waals surface area (Å²) < 4.78 is 18.3. The summed E-state index contributed by atoms with van der Waals surface area (Å²) in [5.74, 6) is 2.26. The van der Waals surface area contributed by atoms with Gasteiger partial charge in [-0.15, -0.1) is 0 Å². The fraction of sp³-hybridized carbons (Fsp3) is 0.148. The second-order valence-corrected chi connectivity index (χ2v) is 8.31. The van der Waals surface area contributed by atoms with E-state index in [1.54, 1.807) is 7.11 Å². The van der Waals surface area contributed by atoms with Gasteiger partial charge in [-0.1, -0.05) is 42.5 Å². The molecule has 0 atom stereocenters. The molecule has 0 saturated carbocycles. The van der Waals surface area contributed by atoms with E-state index in [-0.39, 0.29) is 0 Å².